The Hall–Kier alpha value is -4.06. The summed E-state index contributed by atoms with van der Waals surface area (Å²) in [6.45, 7) is 0. The fourth-order valence-corrected chi connectivity index (χ4v) is 3.91. The summed E-state index contributed by atoms with van der Waals surface area (Å²) >= 11 is 0. The minimum atomic E-state index is -0.128. The molecular weight excluding hydrogens is 362 g/mol. The third kappa shape index (κ3) is 2.57. The molecule has 6 heteroatoms. The Bertz CT molecular complexity index is 1400. The van der Waals surface area contributed by atoms with E-state index < -0.39 is 0 Å². The summed E-state index contributed by atoms with van der Waals surface area (Å²) in [6, 6.07) is 20.4. The van der Waals surface area contributed by atoms with E-state index in [1.54, 1.807) is 23.2 Å². The summed E-state index contributed by atoms with van der Waals surface area (Å²) in [5.41, 5.74) is 6.09. The Balaban J connectivity index is 1.62. The van der Waals surface area contributed by atoms with E-state index in [9.17, 15) is 0 Å². The van der Waals surface area contributed by atoms with Crippen molar-refractivity contribution in [2.75, 3.05) is 0 Å². The molecule has 0 saturated carbocycles. The molecule has 0 fully saturated rings. The third-order valence-electron chi connectivity index (χ3n) is 5.25. The zero-order chi connectivity index (χ0) is 19.2. The Morgan fingerprint density at radius 3 is 2.72 bits per heavy atom. The Labute approximate surface area is 165 Å². The van der Waals surface area contributed by atoms with Gasteiger partial charge in [-0.3, -0.25) is 4.98 Å². The van der Waals surface area contributed by atoms with Crippen LogP contribution in [0.2, 0.25) is 0 Å². The fourth-order valence-electron chi connectivity index (χ4n) is 3.91. The van der Waals surface area contributed by atoms with Crippen LogP contribution in [0, 0.1) is 0 Å². The van der Waals surface area contributed by atoms with Crippen molar-refractivity contribution in [3.63, 3.8) is 0 Å². The molecule has 29 heavy (non-hydrogen) atoms. The molecule has 6 nitrogen and oxygen atoms in total. The molecule has 138 valence electrons. The lowest BCUT2D eigenvalue weighted by atomic mass is 9.91. The molecule has 1 aliphatic carbocycles. The standard InChI is InChI=1S/C23H15N5O/c1-3-16-12-17(5-6-20(16)24-8-1)22(18-11-15-7-10-29-14-19(15)13-18)23-27-26-21-4-2-9-25-28(21)23/h1-14,22H. The first kappa shape index (κ1) is 15.9. The summed E-state index contributed by atoms with van der Waals surface area (Å²) in [7, 11) is 0. The van der Waals surface area contributed by atoms with E-state index in [1.165, 1.54) is 0 Å². The van der Waals surface area contributed by atoms with Crippen LogP contribution >= 0.6 is 0 Å². The highest BCUT2D eigenvalue weighted by molar-refractivity contribution is 5.79. The highest BCUT2D eigenvalue weighted by Crippen LogP contribution is 2.37. The van der Waals surface area contributed by atoms with Crippen LogP contribution in [0.25, 0.3) is 27.7 Å². The lowest BCUT2D eigenvalue weighted by Gasteiger charge is -2.15. The van der Waals surface area contributed by atoms with E-state index in [4.69, 9.17) is 4.42 Å². The molecule has 2 aliphatic rings. The zero-order valence-corrected chi connectivity index (χ0v) is 15.3. The van der Waals surface area contributed by atoms with Gasteiger partial charge in [-0.25, -0.2) is 0 Å². The highest BCUT2D eigenvalue weighted by Gasteiger charge is 2.25. The van der Waals surface area contributed by atoms with Crippen LogP contribution in [-0.4, -0.2) is 24.8 Å². The summed E-state index contributed by atoms with van der Waals surface area (Å²) in [5, 5.41) is 14.4. The van der Waals surface area contributed by atoms with Gasteiger partial charge in [-0.05, 0) is 65.2 Å². The van der Waals surface area contributed by atoms with Crippen LogP contribution in [0.4, 0.5) is 0 Å². The lowest BCUT2D eigenvalue weighted by Crippen LogP contribution is -2.09. The molecule has 0 spiro atoms. The minimum absolute atomic E-state index is 0.128. The smallest absolute Gasteiger partial charge is 0.177 e. The second-order valence-electron chi connectivity index (χ2n) is 7.00. The van der Waals surface area contributed by atoms with Crippen LogP contribution < -0.4 is 0 Å². The van der Waals surface area contributed by atoms with E-state index in [1.807, 2.05) is 36.5 Å². The van der Waals surface area contributed by atoms with Gasteiger partial charge in [0.1, 0.15) is 0 Å². The van der Waals surface area contributed by atoms with E-state index in [-0.39, 0.29) is 5.92 Å². The van der Waals surface area contributed by atoms with Crippen molar-refractivity contribution >= 4 is 16.6 Å². The summed E-state index contributed by atoms with van der Waals surface area (Å²) < 4.78 is 7.16. The predicted octanol–water partition coefficient (Wildman–Crippen LogP) is 4.55. The molecule has 1 aliphatic heterocycles. The molecule has 0 amide bonds. The van der Waals surface area contributed by atoms with Crippen LogP contribution in [-0.2, 0) is 0 Å². The molecule has 1 unspecified atom stereocenters. The van der Waals surface area contributed by atoms with Gasteiger partial charge in [0.2, 0.25) is 0 Å². The molecule has 0 N–H and O–H groups in total. The van der Waals surface area contributed by atoms with Crippen LogP contribution in [0.1, 0.15) is 22.9 Å². The normalized spacial score (nSPS) is 12.7. The topological polar surface area (TPSA) is 69.1 Å². The van der Waals surface area contributed by atoms with Gasteiger partial charge in [0, 0.05) is 23.3 Å². The summed E-state index contributed by atoms with van der Waals surface area (Å²) in [6.07, 6.45) is 7.02. The second kappa shape index (κ2) is 6.24. The van der Waals surface area contributed by atoms with E-state index in [0.717, 1.165) is 44.6 Å². The molecule has 4 heterocycles. The van der Waals surface area contributed by atoms with Crippen molar-refractivity contribution in [1.82, 2.24) is 24.8 Å². The van der Waals surface area contributed by atoms with Crippen molar-refractivity contribution in [2.24, 2.45) is 0 Å². The summed E-state index contributed by atoms with van der Waals surface area (Å²) in [5.74, 6) is 0.646. The van der Waals surface area contributed by atoms with Crippen molar-refractivity contribution in [3.05, 3.63) is 103 Å². The SMILES string of the molecule is c1cnc2ccc(C(c3cc4ccocc-4c3)c3nnc4cccnn34)cc2c1. The van der Waals surface area contributed by atoms with Crippen LogP contribution in [0.5, 0.6) is 0 Å². The molecule has 3 aromatic heterocycles. The molecule has 1 aromatic carbocycles. The fraction of sp³-hybridized carbons (Fsp3) is 0.0435. The Kier molecular flexibility index (Phi) is 3.43. The maximum absolute atomic E-state index is 5.35. The number of benzene rings is 1. The van der Waals surface area contributed by atoms with Gasteiger partial charge in [0.05, 0.1) is 24.0 Å². The molecule has 0 saturated heterocycles. The van der Waals surface area contributed by atoms with Gasteiger partial charge in [-0.1, -0.05) is 12.1 Å². The van der Waals surface area contributed by atoms with Crippen LogP contribution in [0.3, 0.4) is 0 Å². The number of pyridine rings is 1. The molecule has 4 aromatic rings. The van der Waals surface area contributed by atoms with Crippen LogP contribution in [0.15, 0.2) is 90.0 Å². The maximum Gasteiger partial charge on any atom is 0.177 e. The third-order valence-corrected chi connectivity index (χ3v) is 5.25. The van der Waals surface area contributed by atoms with Gasteiger partial charge in [-0.2, -0.15) is 9.61 Å². The molecule has 0 radical (unpaired) electrons. The average Bonchev–Trinajstić information content (AvgIpc) is 3.39. The number of aromatic nitrogens is 5. The molecule has 0 bridgehead atoms. The van der Waals surface area contributed by atoms with Crippen molar-refractivity contribution in [1.29, 1.82) is 0 Å². The van der Waals surface area contributed by atoms with Gasteiger partial charge in [-0.15, -0.1) is 10.2 Å². The number of nitrogens with zero attached hydrogens (tertiary/aromatic N) is 5. The highest BCUT2D eigenvalue weighted by atomic mass is 16.3. The first-order valence-electron chi connectivity index (χ1n) is 9.34. The zero-order valence-electron chi connectivity index (χ0n) is 15.3. The van der Waals surface area contributed by atoms with E-state index in [0.29, 0.717) is 0 Å². The summed E-state index contributed by atoms with van der Waals surface area (Å²) in [4.78, 5) is 4.44. The predicted molar refractivity (Wildman–Crippen MR) is 109 cm³/mol. The molecule has 1 atom stereocenters. The number of hydrogen-bond acceptors (Lipinski definition) is 5. The largest absolute Gasteiger partial charge is 0.472 e. The average molecular weight is 377 g/mol. The van der Waals surface area contributed by atoms with Gasteiger partial charge >= 0.3 is 0 Å². The van der Waals surface area contributed by atoms with Gasteiger partial charge < -0.3 is 4.42 Å². The minimum Gasteiger partial charge on any atom is -0.472 e. The Morgan fingerprint density at radius 1 is 0.828 bits per heavy atom. The maximum atomic E-state index is 5.35. The first-order chi connectivity index (χ1) is 14.4. The van der Waals surface area contributed by atoms with E-state index in [2.05, 4.69) is 50.6 Å². The Morgan fingerprint density at radius 2 is 1.76 bits per heavy atom. The number of hydrogen-bond donors (Lipinski definition) is 0. The number of fused-ring (bicyclic) bond motifs is 3. The number of rotatable bonds is 3. The first-order valence-corrected chi connectivity index (χ1v) is 9.34. The molecule has 6 rings (SSSR count). The lowest BCUT2D eigenvalue weighted by molar-refractivity contribution is 0.552. The van der Waals surface area contributed by atoms with E-state index >= 15 is 0 Å². The monoisotopic (exact) mass is 377 g/mol. The van der Waals surface area contributed by atoms with Gasteiger partial charge in [0.25, 0.3) is 0 Å². The van der Waals surface area contributed by atoms with Gasteiger partial charge in [0.15, 0.2) is 11.5 Å². The van der Waals surface area contributed by atoms with Crippen molar-refractivity contribution in [3.8, 4) is 11.1 Å². The quantitative estimate of drug-likeness (QED) is 0.452. The van der Waals surface area contributed by atoms with Crippen molar-refractivity contribution in [2.45, 2.75) is 5.92 Å². The second-order valence-corrected chi connectivity index (χ2v) is 7.00. The molecular formula is C23H15N5O. The van der Waals surface area contributed by atoms with Crippen molar-refractivity contribution < 1.29 is 4.42 Å².